The molecule has 0 amide bonds. The minimum absolute atomic E-state index is 0.284. The van der Waals surface area contributed by atoms with E-state index in [1.165, 1.54) is 0 Å². The van der Waals surface area contributed by atoms with Crippen LogP contribution in [0.15, 0.2) is 64.7 Å². The average molecular weight is 470 g/mol. The molecule has 1 aliphatic heterocycles. The number of carbonyl (C=O) groups excluding carboxylic acids is 2. The topological polar surface area (TPSA) is 64.6 Å². The van der Waals surface area contributed by atoms with E-state index in [4.69, 9.17) is 9.47 Å². The van der Waals surface area contributed by atoms with E-state index in [1.54, 1.807) is 13.0 Å². The van der Waals surface area contributed by atoms with Crippen LogP contribution in [0, 0.1) is 0 Å². The largest absolute Gasteiger partial charge is 0.464 e. The molecule has 5 nitrogen and oxygen atoms in total. The molecule has 156 valence electrons. The van der Waals surface area contributed by atoms with Crippen molar-refractivity contribution in [2.24, 2.45) is 0 Å². The number of halogens is 1. The Bertz CT molecular complexity index is 1020. The lowest BCUT2D eigenvalue weighted by Gasteiger charge is -2.40. The van der Waals surface area contributed by atoms with Gasteiger partial charge in [0.1, 0.15) is 0 Å². The van der Waals surface area contributed by atoms with Crippen molar-refractivity contribution < 1.29 is 19.1 Å². The first-order valence-corrected chi connectivity index (χ1v) is 11.0. The molecule has 2 aromatic rings. The third kappa shape index (κ3) is 2.88. The van der Waals surface area contributed by atoms with Crippen molar-refractivity contribution >= 4 is 33.6 Å². The van der Waals surface area contributed by atoms with Crippen LogP contribution in [-0.4, -0.2) is 30.7 Å². The van der Waals surface area contributed by atoms with Crippen LogP contribution < -0.4 is 5.32 Å². The van der Waals surface area contributed by atoms with E-state index in [1.807, 2.05) is 55.5 Å². The van der Waals surface area contributed by atoms with Crippen molar-refractivity contribution in [3.8, 4) is 0 Å². The molecule has 0 bridgehead atoms. The molecule has 2 aromatic carbocycles. The van der Waals surface area contributed by atoms with Crippen molar-refractivity contribution in [2.75, 3.05) is 18.5 Å². The zero-order valence-corrected chi connectivity index (χ0v) is 18.6. The molecule has 0 unspecified atom stereocenters. The van der Waals surface area contributed by atoms with Crippen molar-refractivity contribution in [1.29, 1.82) is 0 Å². The SMILES string of the molecule is CCOC(=O)/C=C1\CC[C@@]2(C(=O)OCC)Nc3ccccc3[C@@]12c1ccc(Br)cc1. The zero-order chi connectivity index (χ0) is 21.4. The summed E-state index contributed by atoms with van der Waals surface area (Å²) >= 11 is 3.50. The van der Waals surface area contributed by atoms with E-state index in [2.05, 4.69) is 21.2 Å². The Morgan fingerprint density at radius 2 is 1.77 bits per heavy atom. The lowest BCUT2D eigenvalue weighted by molar-refractivity contribution is -0.149. The molecular weight excluding hydrogens is 446 g/mol. The molecule has 1 heterocycles. The average Bonchev–Trinajstić information content (AvgIpc) is 3.21. The standard InChI is InChI=1S/C24H24BrNO4/c1-3-29-21(27)15-17-13-14-23(22(28)30-4-2)24(17,16-9-11-18(25)12-10-16)19-7-5-6-8-20(19)26-23/h5-12,15,26H,3-4,13-14H2,1-2H3/b17-15+/t23-,24+/m0/s1. The highest BCUT2D eigenvalue weighted by Gasteiger charge is 2.68. The number of esters is 2. The minimum Gasteiger partial charge on any atom is -0.464 e. The Labute approximate surface area is 184 Å². The first-order valence-electron chi connectivity index (χ1n) is 10.2. The van der Waals surface area contributed by atoms with Gasteiger partial charge in [-0.05, 0) is 61.6 Å². The molecule has 1 saturated carbocycles. The maximum atomic E-state index is 13.5. The van der Waals surface area contributed by atoms with Gasteiger partial charge >= 0.3 is 11.9 Å². The smallest absolute Gasteiger partial charge is 0.333 e. The van der Waals surface area contributed by atoms with Gasteiger partial charge in [0.05, 0.1) is 18.6 Å². The van der Waals surface area contributed by atoms with Gasteiger partial charge in [-0.25, -0.2) is 9.59 Å². The number of ether oxygens (including phenoxy) is 2. The Morgan fingerprint density at radius 3 is 2.47 bits per heavy atom. The Balaban J connectivity index is 2.04. The van der Waals surface area contributed by atoms with E-state index >= 15 is 0 Å². The van der Waals surface area contributed by atoms with Crippen LogP contribution >= 0.6 is 15.9 Å². The minimum atomic E-state index is -1.03. The van der Waals surface area contributed by atoms with Gasteiger partial charge in [0.2, 0.25) is 0 Å². The molecule has 1 N–H and O–H groups in total. The summed E-state index contributed by atoms with van der Waals surface area (Å²) < 4.78 is 11.7. The normalized spacial score (nSPS) is 25.4. The van der Waals surface area contributed by atoms with Crippen LogP contribution in [0.2, 0.25) is 0 Å². The quantitative estimate of drug-likeness (QED) is 0.505. The van der Waals surface area contributed by atoms with Gasteiger partial charge < -0.3 is 14.8 Å². The summed E-state index contributed by atoms with van der Waals surface area (Å²) in [6.07, 6.45) is 2.66. The molecule has 30 heavy (non-hydrogen) atoms. The number of hydrogen-bond donors (Lipinski definition) is 1. The highest BCUT2D eigenvalue weighted by molar-refractivity contribution is 9.10. The second-order valence-electron chi connectivity index (χ2n) is 7.47. The Morgan fingerprint density at radius 1 is 1.07 bits per heavy atom. The predicted molar refractivity (Wildman–Crippen MR) is 118 cm³/mol. The summed E-state index contributed by atoms with van der Waals surface area (Å²) in [5.74, 6) is -0.704. The summed E-state index contributed by atoms with van der Waals surface area (Å²) in [5, 5.41) is 3.50. The summed E-state index contributed by atoms with van der Waals surface area (Å²) in [4.78, 5) is 26.0. The van der Waals surface area contributed by atoms with Crippen molar-refractivity contribution in [1.82, 2.24) is 0 Å². The first-order chi connectivity index (χ1) is 14.5. The molecule has 1 fully saturated rings. The van der Waals surface area contributed by atoms with E-state index in [0.29, 0.717) is 19.4 Å². The maximum absolute atomic E-state index is 13.5. The van der Waals surface area contributed by atoms with Crippen molar-refractivity contribution in [2.45, 2.75) is 37.6 Å². The number of benzene rings is 2. The lowest BCUT2D eigenvalue weighted by atomic mass is 9.63. The maximum Gasteiger partial charge on any atom is 0.333 e. The summed E-state index contributed by atoms with van der Waals surface area (Å²) in [7, 11) is 0. The molecular formula is C24H24BrNO4. The summed E-state index contributed by atoms with van der Waals surface area (Å²) in [5.41, 5.74) is 1.75. The van der Waals surface area contributed by atoms with Crippen molar-refractivity contribution in [3.05, 3.63) is 75.8 Å². The van der Waals surface area contributed by atoms with Gasteiger partial charge in [0, 0.05) is 16.2 Å². The monoisotopic (exact) mass is 469 g/mol. The number of nitrogens with one attached hydrogen (secondary N) is 1. The predicted octanol–water partition coefficient (Wildman–Crippen LogP) is 4.75. The van der Waals surface area contributed by atoms with Gasteiger partial charge in [-0.1, -0.05) is 46.3 Å². The number of anilines is 1. The molecule has 0 spiro atoms. The van der Waals surface area contributed by atoms with Gasteiger partial charge in [0.25, 0.3) is 0 Å². The van der Waals surface area contributed by atoms with Crippen LogP contribution in [0.5, 0.6) is 0 Å². The van der Waals surface area contributed by atoms with Gasteiger partial charge in [-0.3, -0.25) is 0 Å². The fraction of sp³-hybridized carbons (Fsp3) is 0.333. The van der Waals surface area contributed by atoms with E-state index < -0.39 is 16.9 Å². The fourth-order valence-electron chi connectivity index (χ4n) is 5.03. The number of hydrogen-bond acceptors (Lipinski definition) is 5. The van der Waals surface area contributed by atoms with Crippen LogP contribution in [-0.2, 0) is 24.5 Å². The number of rotatable bonds is 5. The second kappa shape index (κ2) is 7.91. The molecule has 2 aliphatic rings. The molecule has 0 aromatic heterocycles. The Kier molecular flexibility index (Phi) is 5.45. The molecule has 4 rings (SSSR count). The molecule has 0 saturated heterocycles. The van der Waals surface area contributed by atoms with E-state index in [0.717, 1.165) is 26.9 Å². The molecule has 6 heteroatoms. The first kappa shape index (κ1) is 20.7. The van der Waals surface area contributed by atoms with E-state index in [-0.39, 0.29) is 12.6 Å². The van der Waals surface area contributed by atoms with Crippen LogP contribution in [0.25, 0.3) is 0 Å². The van der Waals surface area contributed by atoms with Gasteiger partial charge in [0.15, 0.2) is 5.54 Å². The highest BCUT2D eigenvalue weighted by Crippen LogP contribution is 2.63. The number of fused-ring (bicyclic) bond motifs is 3. The summed E-state index contributed by atoms with van der Waals surface area (Å²) in [6.45, 7) is 4.17. The highest BCUT2D eigenvalue weighted by atomic mass is 79.9. The molecule has 2 atom stereocenters. The Hall–Kier alpha value is -2.60. The van der Waals surface area contributed by atoms with Crippen LogP contribution in [0.1, 0.15) is 37.8 Å². The third-order valence-corrected chi connectivity index (χ3v) is 6.58. The van der Waals surface area contributed by atoms with E-state index in [9.17, 15) is 9.59 Å². The lowest BCUT2D eigenvalue weighted by Crippen LogP contribution is -2.56. The fourth-order valence-corrected chi connectivity index (χ4v) is 5.30. The second-order valence-corrected chi connectivity index (χ2v) is 8.39. The number of carbonyl (C=O) groups is 2. The summed E-state index contributed by atoms with van der Waals surface area (Å²) in [6, 6.07) is 15.8. The van der Waals surface area contributed by atoms with Crippen LogP contribution in [0.4, 0.5) is 5.69 Å². The van der Waals surface area contributed by atoms with Crippen molar-refractivity contribution in [3.63, 3.8) is 0 Å². The number of para-hydroxylation sites is 1. The van der Waals surface area contributed by atoms with Gasteiger partial charge in [-0.2, -0.15) is 0 Å². The van der Waals surface area contributed by atoms with Crippen LogP contribution in [0.3, 0.4) is 0 Å². The zero-order valence-electron chi connectivity index (χ0n) is 17.0. The van der Waals surface area contributed by atoms with Gasteiger partial charge in [-0.15, -0.1) is 0 Å². The third-order valence-electron chi connectivity index (χ3n) is 6.05. The molecule has 0 radical (unpaired) electrons. The molecule has 1 aliphatic carbocycles.